The fraction of sp³-hybridized carbons (Fsp3) is 0.500. The maximum Gasteiger partial charge on any atom is 0.224 e. The van der Waals surface area contributed by atoms with Gasteiger partial charge in [0.25, 0.3) is 0 Å². The van der Waals surface area contributed by atoms with Crippen LogP contribution in [0, 0.1) is 5.92 Å². The summed E-state index contributed by atoms with van der Waals surface area (Å²) in [6.45, 7) is 2.44. The molecule has 3 saturated heterocycles. The molecule has 22 heavy (non-hydrogen) atoms. The molecule has 3 aliphatic heterocycles. The van der Waals surface area contributed by atoms with Crippen molar-refractivity contribution in [1.82, 2.24) is 20.0 Å². The lowest BCUT2D eigenvalue weighted by atomic mass is 9.96. The van der Waals surface area contributed by atoms with E-state index in [1.807, 2.05) is 29.9 Å². The number of nitrogens with zero attached hydrogens (tertiary/aromatic N) is 3. The number of nitrogens with one attached hydrogen (secondary N) is 1. The molecule has 3 fully saturated rings. The highest BCUT2D eigenvalue weighted by atomic mass is 35.5. The predicted octanol–water partition coefficient (Wildman–Crippen LogP) is 1.94. The van der Waals surface area contributed by atoms with Crippen LogP contribution < -0.4 is 5.32 Å². The lowest BCUT2D eigenvalue weighted by molar-refractivity contribution is -0.126. The van der Waals surface area contributed by atoms with Crippen LogP contribution in [0.4, 0.5) is 0 Å². The van der Waals surface area contributed by atoms with E-state index in [1.54, 1.807) is 0 Å². The van der Waals surface area contributed by atoms with Crippen LogP contribution in [-0.2, 0) is 18.4 Å². The number of hydrogen-bond acceptors (Lipinski definition) is 3. The van der Waals surface area contributed by atoms with Crippen molar-refractivity contribution in [1.29, 1.82) is 0 Å². The molecular formula is C16H19ClN4O. The van der Waals surface area contributed by atoms with Crippen LogP contribution in [0.15, 0.2) is 18.2 Å². The lowest BCUT2D eigenvalue weighted by Gasteiger charge is -2.22. The van der Waals surface area contributed by atoms with Gasteiger partial charge in [0.2, 0.25) is 5.91 Å². The first kappa shape index (κ1) is 14.0. The van der Waals surface area contributed by atoms with Crippen LogP contribution in [0.3, 0.4) is 0 Å². The third-order valence-corrected chi connectivity index (χ3v) is 5.13. The number of halogens is 1. The van der Waals surface area contributed by atoms with E-state index in [0.29, 0.717) is 0 Å². The summed E-state index contributed by atoms with van der Waals surface area (Å²) in [5.74, 6) is 0.326. The predicted molar refractivity (Wildman–Crippen MR) is 85.7 cm³/mol. The molecule has 1 aromatic heterocycles. The molecule has 1 amide bonds. The molecule has 2 atom stereocenters. The highest BCUT2D eigenvalue weighted by molar-refractivity contribution is 6.35. The van der Waals surface area contributed by atoms with Crippen LogP contribution >= 0.6 is 11.6 Å². The van der Waals surface area contributed by atoms with Gasteiger partial charge in [0.05, 0.1) is 22.2 Å². The zero-order chi connectivity index (χ0) is 15.3. The maximum atomic E-state index is 12.0. The van der Waals surface area contributed by atoms with Gasteiger partial charge >= 0.3 is 0 Å². The Morgan fingerprint density at radius 2 is 2.23 bits per heavy atom. The van der Waals surface area contributed by atoms with Crippen LogP contribution in [0.1, 0.15) is 18.5 Å². The topological polar surface area (TPSA) is 50.2 Å². The van der Waals surface area contributed by atoms with E-state index in [1.165, 1.54) is 0 Å². The molecule has 5 rings (SSSR count). The number of amides is 1. The Bertz CT molecular complexity index is 741. The molecule has 116 valence electrons. The van der Waals surface area contributed by atoms with Crippen molar-refractivity contribution in [2.24, 2.45) is 13.0 Å². The summed E-state index contributed by atoms with van der Waals surface area (Å²) in [5, 5.41) is 9.54. The van der Waals surface area contributed by atoms with Gasteiger partial charge in [-0.15, -0.1) is 0 Å². The summed E-state index contributed by atoms with van der Waals surface area (Å²) in [7, 11) is 1.94. The second kappa shape index (κ2) is 5.25. The Labute approximate surface area is 134 Å². The minimum Gasteiger partial charge on any atom is -0.352 e. The molecule has 0 unspecified atom stereocenters. The van der Waals surface area contributed by atoms with E-state index >= 15 is 0 Å². The fourth-order valence-electron chi connectivity index (χ4n) is 3.74. The molecule has 1 aromatic carbocycles. The molecule has 0 radical (unpaired) electrons. The van der Waals surface area contributed by atoms with Crippen molar-refractivity contribution < 1.29 is 4.79 Å². The monoisotopic (exact) mass is 318 g/mol. The van der Waals surface area contributed by atoms with E-state index < -0.39 is 0 Å². The molecule has 6 heteroatoms. The van der Waals surface area contributed by atoms with Gasteiger partial charge in [0.1, 0.15) is 0 Å². The van der Waals surface area contributed by atoms with Crippen molar-refractivity contribution in [3.05, 3.63) is 28.9 Å². The number of hydrogen-bond donors (Lipinski definition) is 1. The zero-order valence-corrected chi connectivity index (χ0v) is 13.3. The number of benzene rings is 1. The molecule has 0 aliphatic carbocycles. The highest BCUT2D eigenvalue weighted by Crippen LogP contribution is 2.29. The zero-order valence-electron chi connectivity index (χ0n) is 12.6. The molecule has 0 saturated carbocycles. The average Bonchev–Trinajstić information content (AvgIpc) is 2.62. The Morgan fingerprint density at radius 1 is 1.36 bits per heavy atom. The number of rotatable bonds is 2. The molecule has 4 heterocycles. The second-order valence-electron chi connectivity index (χ2n) is 6.38. The number of carbonyl (C=O) groups is 1. The SMILES string of the molecule is Cn1nc(CN2C[C@@H]3CC[C@H](C2)C(=O)N3)c2c(Cl)cccc21. The van der Waals surface area contributed by atoms with Gasteiger partial charge in [-0.3, -0.25) is 14.4 Å². The van der Waals surface area contributed by atoms with E-state index in [0.717, 1.165) is 54.1 Å². The lowest BCUT2D eigenvalue weighted by Crippen LogP contribution is -2.43. The third-order valence-electron chi connectivity index (χ3n) is 4.81. The van der Waals surface area contributed by atoms with Crippen LogP contribution in [0.5, 0.6) is 0 Å². The molecule has 0 spiro atoms. The van der Waals surface area contributed by atoms with Gasteiger partial charge in [0.15, 0.2) is 0 Å². The fourth-order valence-corrected chi connectivity index (χ4v) is 4.02. The smallest absolute Gasteiger partial charge is 0.224 e. The molecule has 3 aliphatic rings. The van der Waals surface area contributed by atoms with Crippen LogP contribution in [0.25, 0.3) is 10.9 Å². The van der Waals surface area contributed by atoms with E-state index in [2.05, 4.69) is 15.3 Å². The molecular weight excluding hydrogens is 300 g/mol. The van der Waals surface area contributed by atoms with Gasteiger partial charge in [-0.1, -0.05) is 17.7 Å². The normalized spacial score (nSPS) is 25.5. The minimum absolute atomic E-state index is 0.115. The molecule has 2 bridgehead atoms. The quantitative estimate of drug-likeness (QED) is 0.920. The first-order chi connectivity index (χ1) is 10.6. The van der Waals surface area contributed by atoms with Crippen molar-refractivity contribution in [2.75, 3.05) is 13.1 Å². The summed E-state index contributed by atoms with van der Waals surface area (Å²) in [4.78, 5) is 14.3. The van der Waals surface area contributed by atoms with Crippen LogP contribution in [0.2, 0.25) is 5.02 Å². The van der Waals surface area contributed by atoms with E-state index in [9.17, 15) is 4.79 Å². The molecule has 2 aromatic rings. The van der Waals surface area contributed by atoms with Crippen molar-refractivity contribution in [3.63, 3.8) is 0 Å². The first-order valence-corrected chi connectivity index (χ1v) is 8.12. The Morgan fingerprint density at radius 3 is 3.05 bits per heavy atom. The Kier molecular flexibility index (Phi) is 3.35. The van der Waals surface area contributed by atoms with E-state index in [-0.39, 0.29) is 17.9 Å². The first-order valence-electron chi connectivity index (χ1n) is 7.74. The second-order valence-corrected chi connectivity index (χ2v) is 6.79. The Balaban J connectivity index is 1.65. The number of aryl methyl sites for hydroxylation is 1. The van der Waals surface area contributed by atoms with E-state index in [4.69, 9.17) is 11.6 Å². The van der Waals surface area contributed by atoms with Crippen molar-refractivity contribution >= 4 is 28.4 Å². The van der Waals surface area contributed by atoms with Gasteiger partial charge in [-0.2, -0.15) is 5.10 Å². The number of aromatic nitrogens is 2. The summed E-state index contributed by atoms with van der Waals surface area (Å²) >= 11 is 6.38. The minimum atomic E-state index is 0.115. The summed E-state index contributed by atoms with van der Waals surface area (Å²) in [6, 6.07) is 6.17. The Hall–Kier alpha value is -1.59. The number of carbonyl (C=O) groups excluding carboxylic acids is 1. The summed E-state index contributed by atoms with van der Waals surface area (Å²) < 4.78 is 1.88. The van der Waals surface area contributed by atoms with Gasteiger partial charge in [-0.05, 0) is 25.0 Å². The third kappa shape index (κ3) is 2.29. The average molecular weight is 319 g/mol. The molecule has 5 nitrogen and oxygen atoms in total. The van der Waals surface area contributed by atoms with Gasteiger partial charge in [-0.25, -0.2) is 0 Å². The standard InChI is InChI=1S/C16H19ClN4O/c1-20-14-4-2-3-12(17)15(14)13(19-20)9-21-7-10-5-6-11(8-21)18-16(10)22/h2-4,10-11H,5-9H2,1H3,(H,18,22)/t10-,11+/m1/s1. The van der Waals surface area contributed by atoms with Crippen molar-refractivity contribution in [3.8, 4) is 0 Å². The van der Waals surface area contributed by atoms with Crippen molar-refractivity contribution in [2.45, 2.75) is 25.4 Å². The maximum absolute atomic E-state index is 12.0. The largest absolute Gasteiger partial charge is 0.352 e. The number of piperidine rings is 1. The highest BCUT2D eigenvalue weighted by Gasteiger charge is 2.35. The van der Waals surface area contributed by atoms with Crippen LogP contribution in [-0.4, -0.2) is 39.7 Å². The van der Waals surface area contributed by atoms with Gasteiger partial charge < -0.3 is 5.32 Å². The number of fused-ring (bicyclic) bond motifs is 5. The van der Waals surface area contributed by atoms with Gasteiger partial charge in [0, 0.05) is 38.1 Å². The summed E-state index contributed by atoms with van der Waals surface area (Å²) in [6.07, 6.45) is 2.08. The summed E-state index contributed by atoms with van der Waals surface area (Å²) in [5.41, 5.74) is 2.05. The molecule has 1 N–H and O–H groups in total.